The normalized spacial score (nSPS) is 12.1. The smallest absolute Gasteiger partial charge is 0.227 e. The third-order valence-corrected chi connectivity index (χ3v) is 2.89. The second kappa shape index (κ2) is 7.54. The van der Waals surface area contributed by atoms with E-state index in [2.05, 4.69) is 15.5 Å². The average Bonchev–Trinajstić information content (AvgIpc) is 2.95. The highest BCUT2D eigenvalue weighted by Gasteiger charge is 2.11. The topological polar surface area (TPSA) is 77.2 Å². The number of hydrogen-bond acceptors (Lipinski definition) is 5. The molecule has 1 heterocycles. The molecule has 1 amide bonds. The van der Waals surface area contributed by atoms with E-state index >= 15 is 0 Å². The maximum Gasteiger partial charge on any atom is 0.227 e. The Morgan fingerprint density at radius 1 is 1.38 bits per heavy atom. The van der Waals surface area contributed by atoms with Crippen molar-refractivity contribution >= 4 is 5.91 Å². The summed E-state index contributed by atoms with van der Waals surface area (Å²) in [5.74, 6) is 0.946. The third kappa shape index (κ3) is 4.68. The van der Waals surface area contributed by atoms with Crippen LogP contribution in [0.2, 0.25) is 0 Å². The number of aryl methyl sites for hydroxylation is 1. The number of aromatic nitrogens is 2. The Balaban J connectivity index is 1.84. The van der Waals surface area contributed by atoms with Gasteiger partial charge in [-0.05, 0) is 6.92 Å². The SMILES string of the molecule is COC[C@H](C)NC(=O)CCc1nc(-c2ccccc2)no1. The molecule has 0 unspecified atom stereocenters. The van der Waals surface area contributed by atoms with Gasteiger partial charge in [0.05, 0.1) is 6.61 Å². The first-order valence-corrected chi connectivity index (χ1v) is 6.85. The zero-order chi connectivity index (χ0) is 15.1. The molecule has 21 heavy (non-hydrogen) atoms. The minimum absolute atomic E-state index is 0.00920. The first-order chi connectivity index (χ1) is 10.2. The van der Waals surface area contributed by atoms with Crippen molar-refractivity contribution in [1.29, 1.82) is 0 Å². The molecule has 6 nitrogen and oxygen atoms in total. The minimum Gasteiger partial charge on any atom is -0.383 e. The van der Waals surface area contributed by atoms with E-state index in [4.69, 9.17) is 9.26 Å². The molecule has 6 heteroatoms. The van der Waals surface area contributed by atoms with Crippen LogP contribution in [-0.4, -0.2) is 35.8 Å². The summed E-state index contributed by atoms with van der Waals surface area (Å²) in [4.78, 5) is 16.0. The number of hydrogen-bond donors (Lipinski definition) is 1. The highest BCUT2D eigenvalue weighted by atomic mass is 16.5. The lowest BCUT2D eigenvalue weighted by atomic mass is 10.2. The number of nitrogens with zero attached hydrogens (tertiary/aromatic N) is 2. The summed E-state index contributed by atoms with van der Waals surface area (Å²) >= 11 is 0. The third-order valence-electron chi connectivity index (χ3n) is 2.89. The van der Waals surface area contributed by atoms with E-state index in [-0.39, 0.29) is 11.9 Å². The van der Waals surface area contributed by atoms with Crippen LogP contribution in [0.5, 0.6) is 0 Å². The first-order valence-electron chi connectivity index (χ1n) is 6.85. The Kier molecular flexibility index (Phi) is 5.45. The molecule has 0 spiro atoms. The van der Waals surface area contributed by atoms with Gasteiger partial charge in [0.15, 0.2) is 0 Å². The van der Waals surface area contributed by atoms with Gasteiger partial charge in [-0.15, -0.1) is 0 Å². The van der Waals surface area contributed by atoms with E-state index in [1.165, 1.54) is 0 Å². The van der Waals surface area contributed by atoms with Crippen LogP contribution in [0.4, 0.5) is 0 Å². The van der Waals surface area contributed by atoms with Crippen LogP contribution < -0.4 is 5.32 Å². The largest absolute Gasteiger partial charge is 0.383 e. The van der Waals surface area contributed by atoms with Gasteiger partial charge in [0, 0.05) is 31.6 Å². The van der Waals surface area contributed by atoms with Crippen molar-refractivity contribution in [3.05, 3.63) is 36.2 Å². The summed E-state index contributed by atoms with van der Waals surface area (Å²) in [6.07, 6.45) is 0.732. The molecule has 0 aliphatic rings. The van der Waals surface area contributed by atoms with Crippen LogP contribution in [0.3, 0.4) is 0 Å². The average molecular weight is 289 g/mol. The molecule has 0 saturated carbocycles. The molecule has 112 valence electrons. The zero-order valence-electron chi connectivity index (χ0n) is 12.2. The summed E-state index contributed by atoms with van der Waals surface area (Å²) in [6, 6.07) is 9.56. The zero-order valence-corrected chi connectivity index (χ0v) is 12.2. The predicted octanol–water partition coefficient (Wildman–Crippen LogP) is 1.82. The Hall–Kier alpha value is -2.21. The summed E-state index contributed by atoms with van der Waals surface area (Å²) in [5, 5.41) is 6.75. The van der Waals surface area contributed by atoms with Gasteiger partial charge < -0.3 is 14.6 Å². The van der Waals surface area contributed by atoms with Crippen molar-refractivity contribution in [2.75, 3.05) is 13.7 Å². The number of carbonyl (C=O) groups excluding carboxylic acids is 1. The van der Waals surface area contributed by atoms with Gasteiger partial charge in [0.2, 0.25) is 17.6 Å². The fourth-order valence-electron chi connectivity index (χ4n) is 1.92. The Morgan fingerprint density at radius 2 is 2.14 bits per heavy atom. The molecular formula is C15H19N3O3. The predicted molar refractivity (Wildman–Crippen MR) is 77.5 cm³/mol. The molecule has 1 aromatic heterocycles. The molecule has 0 bridgehead atoms. The van der Waals surface area contributed by atoms with Gasteiger partial charge in [-0.25, -0.2) is 0 Å². The highest BCUT2D eigenvalue weighted by molar-refractivity contribution is 5.76. The second-order valence-electron chi connectivity index (χ2n) is 4.80. The monoisotopic (exact) mass is 289 g/mol. The fraction of sp³-hybridized carbons (Fsp3) is 0.400. The Bertz CT molecular complexity index is 569. The van der Waals surface area contributed by atoms with Crippen LogP contribution in [0.15, 0.2) is 34.9 Å². The van der Waals surface area contributed by atoms with E-state index in [0.717, 1.165) is 5.56 Å². The molecular weight excluding hydrogens is 270 g/mol. The van der Waals surface area contributed by atoms with Gasteiger partial charge in [-0.3, -0.25) is 4.79 Å². The summed E-state index contributed by atoms with van der Waals surface area (Å²) in [6.45, 7) is 2.38. The van der Waals surface area contributed by atoms with Crippen LogP contribution >= 0.6 is 0 Å². The van der Waals surface area contributed by atoms with Crippen LogP contribution in [0.1, 0.15) is 19.2 Å². The number of rotatable bonds is 7. The lowest BCUT2D eigenvalue weighted by Crippen LogP contribution is -2.35. The van der Waals surface area contributed by atoms with Crippen LogP contribution in [0.25, 0.3) is 11.4 Å². The molecule has 2 aromatic rings. The fourth-order valence-corrected chi connectivity index (χ4v) is 1.92. The molecule has 1 aromatic carbocycles. The van der Waals surface area contributed by atoms with E-state index < -0.39 is 0 Å². The molecule has 1 N–H and O–H groups in total. The Labute approximate surface area is 123 Å². The molecule has 0 saturated heterocycles. The molecule has 0 fully saturated rings. The van der Waals surface area contributed by atoms with Crippen LogP contribution in [0, 0.1) is 0 Å². The van der Waals surface area contributed by atoms with Gasteiger partial charge in [0.1, 0.15) is 0 Å². The van der Waals surface area contributed by atoms with Gasteiger partial charge in [0.25, 0.3) is 0 Å². The standard InChI is InChI=1S/C15H19N3O3/c1-11(10-20-2)16-13(19)8-9-14-17-15(18-21-14)12-6-4-3-5-7-12/h3-7,11H,8-10H2,1-2H3,(H,16,19)/t11-/m0/s1. The highest BCUT2D eigenvalue weighted by Crippen LogP contribution is 2.15. The van der Waals surface area contributed by atoms with Crippen LogP contribution in [-0.2, 0) is 16.0 Å². The maximum atomic E-state index is 11.7. The number of ether oxygens (including phenoxy) is 1. The molecule has 0 aliphatic carbocycles. The lowest BCUT2D eigenvalue weighted by Gasteiger charge is -2.11. The molecule has 0 aliphatic heterocycles. The van der Waals surface area contributed by atoms with Gasteiger partial charge in [-0.1, -0.05) is 35.5 Å². The molecule has 2 rings (SSSR count). The van der Waals surface area contributed by atoms with Gasteiger partial charge in [-0.2, -0.15) is 4.98 Å². The summed E-state index contributed by atoms with van der Waals surface area (Å²) < 4.78 is 10.1. The van der Waals surface area contributed by atoms with Gasteiger partial charge >= 0.3 is 0 Å². The minimum atomic E-state index is -0.0565. The number of methoxy groups -OCH3 is 1. The molecule has 0 radical (unpaired) electrons. The van der Waals surface area contributed by atoms with Crippen molar-refractivity contribution < 1.29 is 14.1 Å². The van der Waals surface area contributed by atoms with Crippen molar-refractivity contribution in [1.82, 2.24) is 15.5 Å². The van der Waals surface area contributed by atoms with Crippen molar-refractivity contribution in [2.45, 2.75) is 25.8 Å². The summed E-state index contributed by atoms with van der Waals surface area (Å²) in [7, 11) is 1.60. The number of amides is 1. The van der Waals surface area contributed by atoms with E-state index in [0.29, 0.717) is 31.2 Å². The van der Waals surface area contributed by atoms with E-state index in [9.17, 15) is 4.79 Å². The number of nitrogens with one attached hydrogen (secondary N) is 1. The Morgan fingerprint density at radius 3 is 2.86 bits per heavy atom. The van der Waals surface area contributed by atoms with E-state index in [1.54, 1.807) is 7.11 Å². The molecule has 1 atom stereocenters. The van der Waals surface area contributed by atoms with Crippen molar-refractivity contribution in [3.63, 3.8) is 0 Å². The van der Waals surface area contributed by atoms with Crippen molar-refractivity contribution in [3.8, 4) is 11.4 Å². The van der Waals surface area contributed by atoms with E-state index in [1.807, 2.05) is 37.3 Å². The summed E-state index contributed by atoms with van der Waals surface area (Å²) in [5.41, 5.74) is 0.894. The first kappa shape index (κ1) is 15.2. The van der Waals surface area contributed by atoms with Crippen molar-refractivity contribution in [2.24, 2.45) is 0 Å². The second-order valence-corrected chi connectivity index (χ2v) is 4.80. The number of benzene rings is 1. The maximum absolute atomic E-state index is 11.7. The lowest BCUT2D eigenvalue weighted by molar-refractivity contribution is -0.122. The quantitative estimate of drug-likeness (QED) is 0.841. The number of carbonyl (C=O) groups is 1.